The maximum Gasteiger partial charge on any atom is 0.240 e. The minimum atomic E-state index is 0.195. The van der Waals surface area contributed by atoms with Crippen LogP contribution in [0.3, 0.4) is 0 Å². The van der Waals surface area contributed by atoms with Gasteiger partial charge in [-0.05, 0) is 12.8 Å². The molecule has 0 radical (unpaired) electrons. The van der Waals surface area contributed by atoms with Gasteiger partial charge in [-0.25, -0.2) is 0 Å². The maximum absolute atomic E-state index is 5.12. The van der Waals surface area contributed by atoms with Crippen molar-refractivity contribution in [3.63, 3.8) is 0 Å². The molecule has 2 rings (SSSR count). The van der Waals surface area contributed by atoms with Crippen LogP contribution in [0.1, 0.15) is 31.5 Å². The Morgan fingerprint density at radius 1 is 1.64 bits per heavy atom. The van der Waals surface area contributed by atoms with E-state index in [0.717, 1.165) is 12.4 Å². The molecule has 0 saturated heterocycles. The van der Waals surface area contributed by atoms with E-state index in [1.54, 1.807) is 6.08 Å². The van der Waals surface area contributed by atoms with Crippen LogP contribution in [0.4, 0.5) is 0 Å². The molecule has 1 fully saturated rings. The molecule has 0 bridgehead atoms. The second-order valence-corrected chi connectivity index (χ2v) is 3.99. The summed E-state index contributed by atoms with van der Waals surface area (Å²) in [6.07, 6.45) is 4.15. The lowest BCUT2D eigenvalue weighted by Gasteiger charge is -1.97. The summed E-state index contributed by atoms with van der Waals surface area (Å²) >= 11 is 0. The van der Waals surface area contributed by atoms with E-state index in [1.165, 1.54) is 12.8 Å². The lowest BCUT2D eigenvalue weighted by molar-refractivity contribution is 0.362. The molecule has 1 aromatic rings. The molecule has 1 heterocycles. The number of rotatable bonds is 5. The summed E-state index contributed by atoms with van der Waals surface area (Å²) in [7, 11) is 0. The molecular formula is C10H15N3O. The largest absolute Gasteiger partial charge is 0.338 e. The molecule has 0 aromatic carbocycles. The highest BCUT2D eigenvalue weighted by atomic mass is 16.5. The molecule has 0 aliphatic heterocycles. The third-order valence-corrected chi connectivity index (χ3v) is 2.57. The average Bonchev–Trinajstić information content (AvgIpc) is 2.76. The van der Waals surface area contributed by atoms with Crippen molar-refractivity contribution >= 4 is 0 Å². The molecule has 14 heavy (non-hydrogen) atoms. The first-order valence-electron chi connectivity index (χ1n) is 4.89. The molecule has 1 N–H and O–H groups in total. The van der Waals surface area contributed by atoms with Crippen molar-refractivity contribution in [1.82, 2.24) is 15.5 Å². The van der Waals surface area contributed by atoms with Crippen molar-refractivity contribution in [2.45, 2.75) is 31.7 Å². The summed E-state index contributed by atoms with van der Waals surface area (Å²) in [5.74, 6) is 1.52. The zero-order valence-electron chi connectivity index (χ0n) is 8.42. The van der Waals surface area contributed by atoms with E-state index in [1.807, 2.05) is 0 Å². The quantitative estimate of drug-likeness (QED) is 0.567. The van der Waals surface area contributed by atoms with Crippen molar-refractivity contribution in [1.29, 1.82) is 0 Å². The van der Waals surface area contributed by atoms with Gasteiger partial charge in [0.2, 0.25) is 5.89 Å². The van der Waals surface area contributed by atoms with Crippen molar-refractivity contribution in [3.8, 4) is 0 Å². The van der Waals surface area contributed by atoms with Gasteiger partial charge < -0.3 is 9.84 Å². The highest BCUT2D eigenvalue weighted by Gasteiger charge is 2.43. The van der Waals surface area contributed by atoms with Crippen LogP contribution >= 0.6 is 0 Å². The van der Waals surface area contributed by atoms with Gasteiger partial charge in [-0.1, -0.05) is 18.2 Å². The van der Waals surface area contributed by atoms with Gasteiger partial charge in [-0.15, -0.1) is 6.58 Å². The maximum atomic E-state index is 5.12. The summed E-state index contributed by atoms with van der Waals surface area (Å²) in [5, 5.41) is 7.10. The lowest BCUT2D eigenvalue weighted by atomic mass is 10.1. The topological polar surface area (TPSA) is 51.0 Å². The molecule has 4 nitrogen and oxygen atoms in total. The molecule has 0 atom stereocenters. The van der Waals surface area contributed by atoms with Crippen LogP contribution in [0.2, 0.25) is 0 Å². The Kier molecular flexibility index (Phi) is 2.37. The zero-order chi connectivity index (χ0) is 10.0. The van der Waals surface area contributed by atoms with Gasteiger partial charge in [0.15, 0.2) is 5.82 Å². The first-order chi connectivity index (χ1) is 6.74. The molecule has 1 saturated carbocycles. The van der Waals surface area contributed by atoms with Gasteiger partial charge in [0.05, 0.1) is 6.54 Å². The van der Waals surface area contributed by atoms with E-state index in [2.05, 4.69) is 29.0 Å². The second kappa shape index (κ2) is 3.53. The number of aromatic nitrogens is 2. The third-order valence-electron chi connectivity index (χ3n) is 2.57. The Bertz CT molecular complexity index is 328. The van der Waals surface area contributed by atoms with Gasteiger partial charge in [0.1, 0.15) is 0 Å². The first-order valence-corrected chi connectivity index (χ1v) is 4.89. The van der Waals surface area contributed by atoms with Crippen LogP contribution in [-0.4, -0.2) is 16.7 Å². The van der Waals surface area contributed by atoms with Crippen LogP contribution in [-0.2, 0) is 12.0 Å². The first kappa shape index (κ1) is 9.40. The van der Waals surface area contributed by atoms with Crippen LogP contribution in [0, 0.1) is 0 Å². The Hall–Kier alpha value is -1.16. The van der Waals surface area contributed by atoms with E-state index in [4.69, 9.17) is 4.52 Å². The minimum absolute atomic E-state index is 0.195. The fourth-order valence-corrected chi connectivity index (χ4v) is 1.26. The van der Waals surface area contributed by atoms with E-state index in [0.29, 0.717) is 12.4 Å². The van der Waals surface area contributed by atoms with Gasteiger partial charge in [0, 0.05) is 12.0 Å². The Morgan fingerprint density at radius 3 is 3.07 bits per heavy atom. The molecule has 76 valence electrons. The summed E-state index contributed by atoms with van der Waals surface area (Å²) < 4.78 is 5.12. The minimum Gasteiger partial charge on any atom is -0.338 e. The highest BCUT2D eigenvalue weighted by Crippen LogP contribution is 2.45. The summed E-state index contributed by atoms with van der Waals surface area (Å²) in [6.45, 7) is 7.16. The summed E-state index contributed by atoms with van der Waals surface area (Å²) in [5.41, 5.74) is 0.195. The van der Waals surface area contributed by atoms with Gasteiger partial charge in [-0.3, -0.25) is 0 Å². The number of nitrogens with zero attached hydrogens (tertiary/aromatic N) is 2. The van der Waals surface area contributed by atoms with E-state index in [-0.39, 0.29) is 5.41 Å². The fraction of sp³-hybridized carbons (Fsp3) is 0.600. The Morgan fingerprint density at radius 2 is 2.43 bits per heavy atom. The van der Waals surface area contributed by atoms with Crippen molar-refractivity contribution in [3.05, 3.63) is 24.4 Å². The lowest BCUT2D eigenvalue weighted by Crippen LogP contribution is -2.13. The molecule has 0 unspecified atom stereocenters. The zero-order valence-corrected chi connectivity index (χ0v) is 8.42. The standard InChI is InChI=1S/C10H15N3O/c1-3-6-11-7-8-12-9(13-14-8)10(2)4-5-10/h3,11H,1,4-7H2,2H3. The van der Waals surface area contributed by atoms with Gasteiger partial charge in [0.25, 0.3) is 0 Å². The molecule has 1 aromatic heterocycles. The molecule has 0 spiro atoms. The predicted molar refractivity (Wildman–Crippen MR) is 52.8 cm³/mol. The summed E-state index contributed by atoms with van der Waals surface area (Å²) in [4.78, 5) is 4.34. The number of hydrogen-bond donors (Lipinski definition) is 1. The fourth-order valence-electron chi connectivity index (χ4n) is 1.26. The Labute approximate surface area is 83.4 Å². The molecule has 4 heteroatoms. The highest BCUT2D eigenvalue weighted by molar-refractivity contribution is 5.14. The van der Waals surface area contributed by atoms with Gasteiger partial charge >= 0.3 is 0 Å². The number of hydrogen-bond acceptors (Lipinski definition) is 4. The summed E-state index contributed by atoms with van der Waals surface area (Å²) in [6, 6.07) is 0. The van der Waals surface area contributed by atoms with Crippen LogP contribution in [0.25, 0.3) is 0 Å². The molecule has 1 aliphatic carbocycles. The monoisotopic (exact) mass is 193 g/mol. The molecule has 0 amide bonds. The SMILES string of the molecule is C=CCNCc1nc(C2(C)CC2)no1. The van der Waals surface area contributed by atoms with Crippen LogP contribution in [0.5, 0.6) is 0 Å². The van der Waals surface area contributed by atoms with Crippen LogP contribution in [0.15, 0.2) is 17.2 Å². The van der Waals surface area contributed by atoms with E-state index < -0.39 is 0 Å². The van der Waals surface area contributed by atoms with Crippen molar-refractivity contribution in [2.24, 2.45) is 0 Å². The average molecular weight is 193 g/mol. The van der Waals surface area contributed by atoms with E-state index in [9.17, 15) is 0 Å². The van der Waals surface area contributed by atoms with E-state index >= 15 is 0 Å². The Balaban J connectivity index is 1.93. The van der Waals surface area contributed by atoms with Crippen LogP contribution < -0.4 is 5.32 Å². The van der Waals surface area contributed by atoms with Crippen molar-refractivity contribution < 1.29 is 4.52 Å². The molecule has 1 aliphatic rings. The second-order valence-electron chi connectivity index (χ2n) is 3.99. The van der Waals surface area contributed by atoms with Gasteiger partial charge in [-0.2, -0.15) is 4.98 Å². The normalized spacial score (nSPS) is 18.1. The smallest absolute Gasteiger partial charge is 0.240 e. The molecular weight excluding hydrogens is 178 g/mol. The predicted octanol–water partition coefficient (Wildman–Crippen LogP) is 1.40. The number of nitrogens with one attached hydrogen (secondary N) is 1. The third kappa shape index (κ3) is 1.85. The van der Waals surface area contributed by atoms with Crippen molar-refractivity contribution in [2.75, 3.05) is 6.54 Å².